The Morgan fingerprint density at radius 1 is 0.964 bits per heavy atom. The van der Waals surface area contributed by atoms with Gasteiger partial charge in [0.15, 0.2) is 5.76 Å². The van der Waals surface area contributed by atoms with Crippen molar-refractivity contribution in [3.05, 3.63) is 52.5 Å². The minimum Gasteiger partial charge on any atom is -0.459 e. The van der Waals surface area contributed by atoms with Gasteiger partial charge in [-0.2, -0.15) is 0 Å². The van der Waals surface area contributed by atoms with Gasteiger partial charge in [-0.15, -0.1) is 0 Å². The van der Waals surface area contributed by atoms with Gasteiger partial charge in [0.05, 0.1) is 11.2 Å². The summed E-state index contributed by atoms with van der Waals surface area (Å²) in [5.74, 6) is 0.263. The Hall–Kier alpha value is -3.03. The van der Waals surface area contributed by atoms with Crippen LogP contribution in [0.3, 0.4) is 0 Å². The maximum atomic E-state index is 12.4. The molecule has 2 aliphatic rings. The predicted molar refractivity (Wildman–Crippen MR) is 106 cm³/mol. The topological polar surface area (TPSA) is 83.1 Å². The summed E-state index contributed by atoms with van der Waals surface area (Å²) in [5, 5.41) is 11.5. The maximum Gasteiger partial charge on any atom is 0.292 e. The van der Waals surface area contributed by atoms with E-state index >= 15 is 0 Å². The molecule has 0 aliphatic carbocycles. The van der Waals surface area contributed by atoms with Crippen molar-refractivity contribution in [3.8, 4) is 0 Å². The molecule has 1 aromatic heterocycles. The first-order valence-electron chi connectivity index (χ1n) is 9.74. The Bertz CT molecular complexity index is 838. The van der Waals surface area contributed by atoms with E-state index in [9.17, 15) is 14.9 Å². The summed E-state index contributed by atoms with van der Waals surface area (Å²) in [5.41, 5.74) is 1.84. The summed E-state index contributed by atoms with van der Waals surface area (Å²) in [4.78, 5) is 29.7. The number of benzene rings is 1. The Morgan fingerprint density at radius 2 is 1.71 bits per heavy atom. The van der Waals surface area contributed by atoms with E-state index < -0.39 is 0 Å². The third-order valence-electron chi connectivity index (χ3n) is 5.52. The van der Waals surface area contributed by atoms with Crippen LogP contribution in [0.4, 0.5) is 17.1 Å². The van der Waals surface area contributed by atoms with Crippen molar-refractivity contribution in [3.63, 3.8) is 0 Å². The molecule has 1 amide bonds. The van der Waals surface area contributed by atoms with Crippen molar-refractivity contribution in [2.75, 3.05) is 49.1 Å². The highest BCUT2D eigenvalue weighted by atomic mass is 16.6. The molecule has 8 nitrogen and oxygen atoms in total. The van der Waals surface area contributed by atoms with Gasteiger partial charge in [0, 0.05) is 51.0 Å². The molecule has 28 heavy (non-hydrogen) atoms. The fourth-order valence-corrected chi connectivity index (χ4v) is 3.97. The number of amides is 1. The van der Waals surface area contributed by atoms with E-state index in [1.807, 2.05) is 12.1 Å². The van der Waals surface area contributed by atoms with Crippen LogP contribution in [-0.2, 0) is 0 Å². The van der Waals surface area contributed by atoms with Crippen LogP contribution in [0.2, 0.25) is 0 Å². The highest BCUT2D eigenvalue weighted by Crippen LogP contribution is 2.34. The number of rotatable bonds is 4. The van der Waals surface area contributed by atoms with Crippen molar-refractivity contribution in [2.45, 2.75) is 19.3 Å². The van der Waals surface area contributed by atoms with Crippen LogP contribution in [-0.4, -0.2) is 55.0 Å². The Kier molecular flexibility index (Phi) is 5.18. The normalized spacial score (nSPS) is 17.6. The first kappa shape index (κ1) is 18.3. The molecular weight excluding hydrogens is 360 g/mol. The first-order chi connectivity index (χ1) is 13.6. The van der Waals surface area contributed by atoms with E-state index in [1.165, 1.54) is 12.7 Å². The molecule has 2 aromatic rings. The average molecular weight is 384 g/mol. The number of carbonyl (C=O) groups excluding carboxylic acids is 1. The maximum absolute atomic E-state index is 12.4. The van der Waals surface area contributed by atoms with Gasteiger partial charge in [-0.05, 0) is 43.5 Å². The lowest BCUT2D eigenvalue weighted by molar-refractivity contribution is -0.384. The fraction of sp³-hybridized carbons (Fsp3) is 0.450. The van der Waals surface area contributed by atoms with Gasteiger partial charge in [0.25, 0.3) is 11.6 Å². The Balaban J connectivity index is 1.49. The van der Waals surface area contributed by atoms with E-state index in [2.05, 4.69) is 9.80 Å². The number of hydrogen-bond donors (Lipinski definition) is 0. The molecule has 3 heterocycles. The molecule has 0 spiro atoms. The molecule has 0 N–H and O–H groups in total. The number of hydrogen-bond acceptors (Lipinski definition) is 6. The van der Waals surface area contributed by atoms with Crippen molar-refractivity contribution in [1.29, 1.82) is 0 Å². The van der Waals surface area contributed by atoms with E-state index in [4.69, 9.17) is 4.42 Å². The second kappa shape index (κ2) is 7.92. The lowest BCUT2D eigenvalue weighted by Crippen LogP contribution is -2.48. The van der Waals surface area contributed by atoms with E-state index in [-0.39, 0.29) is 16.5 Å². The molecule has 0 atom stereocenters. The van der Waals surface area contributed by atoms with E-state index in [1.54, 1.807) is 23.1 Å². The second-order valence-corrected chi connectivity index (χ2v) is 7.23. The molecule has 2 saturated heterocycles. The zero-order valence-corrected chi connectivity index (χ0v) is 15.7. The quantitative estimate of drug-likeness (QED) is 0.595. The summed E-state index contributed by atoms with van der Waals surface area (Å²) in [6, 6.07) is 8.75. The Morgan fingerprint density at radius 3 is 2.36 bits per heavy atom. The van der Waals surface area contributed by atoms with Crippen LogP contribution in [0, 0.1) is 10.1 Å². The molecule has 0 radical (unpaired) electrons. The first-order valence-corrected chi connectivity index (χ1v) is 9.74. The standard InChI is InChI=1S/C20H24N4O4/c25-20(19-5-4-14-28-19)23-12-10-21(11-13-23)16-6-7-17(24(26)27)18(15-16)22-8-2-1-3-9-22/h4-7,14-15H,1-3,8-13H2. The zero-order chi connectivity index (χ0) is 19.5. The predicted octanol–water partition coefficient (Wildman–Crippen LogP) is 3.14. The molecule has 148 valence electrons. The molecule has 0 saturated carbocycles. The molecule has 0 unspecified atom stereocenters. The Labute approximate surface area is 163 Å². The lowest BCUT2D eigenvalue weighted by Gasteiger charge is -2.36. The molecule has 1 aromatic carbocycles. The summed E-state index contributed by atoms with van der Waals surface area (Å²) in [7, 11) is 0. The number of anilines is 2. The van der Waals surface area contributed by atoms with E-state index in [0.29, 0.717) is 37.6 Å². The SMILES string of the molecule is O=C(c1ccco1)N1CCN(c2ccc([N+](=O)[O-])c(N3CCCCC3)c2)CC1. The van der Waals surface area contributed by atoms with Crippen molar-refractivity contribution in [1.82, 2.24) is 4.90 Å². The van der Waals surface area contributed by atoms with Gasteiger partial charge < -0.3 is 19.1 Å². The highest BCUT2D eigenvalue weighted by molar-refractivity contribution is 5.91. The fourth-order valence-electron chi connectivity index (χ4n) is 3.97. The molecule has 8 heteroatoms. The number of piperazine rings is 1. The minimum atomic E-state index is -0.298. The zero-order valence-electron chi connectivity index (χ0n) is 15.7. The van der Waals surface area contributed by atoms with Gasteiger partial charge in [0.2, 0.25) is 0 Å². The van der Waals surface area contributed by atoms with Crippen LogP contribution in [0.1, 0.15) is 29.8 Å². The van der Waals surface area contributed by atoms with E-state index in [0.717, 1.165) is 31.6 Å². The number of nitro groups is 1. The van der Waals surface area contributed by atoms with Crippen LogP contribution >= 0.6 is 0 Å². The smallest absolute Gasteiger partial charge is 0.292 e. The molecule has 4 rings (SSSR count). The highest BCUT2D eigenvalue weighted by Gasteiger charge is 2.26. The van der Waals surface area contributed by atoms with Gasteiger partial charge in [-0.3, -0.25) is 14.9 Å². The lowest BCUT2D eigenvalue weighted by atomic mass is 10.1. The largest absolute Gasteiger partial charge is 0.459 e. The van der Waals surface area contributed by atoms with Gasteiger partial charge >= 0.3 is 0 Å². The third kappa shape index (κ3) is 3.67. The van der Waals surface area contributed by atoms with Crippen molar-refractivity contribution < 1.29 is 14.1 Å². The van der Waals surface area contributed by atoms with Gasteiger partial charge in [0.1, 0.15) is 5.69 Å². The van der Waals surface area contributed by atoms with Crippen molar-refractivity contribution >= 4 is 23.0 Å². The summed E-state index contributed by atoms with van der Waals surface area (Å²) < 4.78 is 5.20. The monoisotopic (exact) mass is 384 g/mol. The summed E-state index contributed by atoms with van der Waals surface area (Å²) in [6.07, 6.45) is 4.81. The summed E-state index contributed by atoms with van der Waals surface area (Å²) in [6.45, 7) is 4.27. The molecule has 2 aliphatic heterocycles. The number of nitro benzene ring substituents is 1. The number of carbonyl (C=O) groups is 1. The van der Waals surface area contributed by atoms with Gasteiger partial charge in [-0.25, -0.2) is 0 Å². The number of furan rings is 1. The third-order valence-corrected chi connectivity index (χ3v) is 5.52. The average Bonchev–Trinajstić information content (AvgIpc) is 3.28. The number of piperidine rings is 1. The van der Waals surface area contributed by atoms with Gasteiger partial charge in [-0.1, -0.05) is 0 Å². The molecular formula is C20H24N4O4. The van der Waals surface area contributed by atoms with Crippen LogP contribution in [0.5, 0.6) is 0 Å². The number of nitrogens with zero attached hydrogens (tertiary/aromatic N) is 4. The van der Waals surface area contributed by atoms with Crippen LogP contribution in [0.25, 0.3) is 0 Å². The van der Waals surface area contributed by atoms with Crippen molar-refractivity contribution in [2.24, 2.45) is 0 Å². The second-order valence-electron chi connectivity index (χ2n) is 7.23. The van der Waals surface area contributed by atoms with Crippen LogP contribution in [0.15, 0.2) is 41.0 Å². The molecule has 0 bridgehead atoms. The minimum absolute atomic E-state index is 0.0950. The van der Waals surface area contributed by atoms with Crippen LogP contribution < -0.4 is 9.80 Å². The summed E-state index contributed by atoms with van der Waals surface area (Å²) >= 11 is 0. The molecule has 2 fully saturated rings.